The van der Waals surface area contributed by atoms with Gasteiger partial charge in [0.1, 0.15) is 5.75 Å². The van der Waals surface area contributed by atoms with Crippen molar-refractivity contribution in [3.05, 3.63) is 41.4 Å². The predicted molar refractivity (Wildman–Crippen MR) is 94.2 cm³/mol. The summed E-state index contributed by atoms with van der Waals surface area (Å²) < 4.78 is 28.4. The van der Waals surface area contributed by atoms with Crippen LogP contribution in [-0.2, 0) is 14.6 Å². The Balaban J connectivity index is 1.56. The quantitative estimate of drug-likeness (QED) is 0.880. The van der Waals surface area contributed by atoms with Crippen LogP contribution in [0.2, 0.25) is 5.02 Å². The molecular formula is C17H18ClNO4S. The number of halogens is 1. The molecule has 1 aliphatic heterocycles. The minimum absolute atomic E-state index is 0.00434. The normalized spacial score (nSPS) is 19.3. The molecule has 1 aliphatic rings. The summed E-state index contributed by atoms with van der Waals surface area (Å²) in [7, 11) is -2.92. The summed E-state index contributed by atoms with van der Waals surface area (Å²) in [5.41, 5.74) is 0. The SMILES string of the molecule is O=C(COc1ccc(Cl)c2ccccc12)NC[C@@H]1CCS(=O)(=O)C1. The Bertz CT molecular complexity index is 866. The van der Waals surface area contributed by atoms with Crippen LogP contribution in [0.5, 0.6) is 5.75 Å². The van der Waals surface area contributed by atoms with Gasteiger partial charge in [-0.1, -0.05) is 35.9 Å². The van der Waals surface area contributed by atoms with Gasteiger partial charge in [0.2, 0.25) is 0 Å². The van der Waals surface area contributed by atoms with Gasteiger partial charge in [0, 0.05) is 22.3 Å². The summed E-state index contributed by atoms with van der Waals surface area (Å²) in [4.78, 5) is 11.9. The number of carbonyl (C=O) groups excluding carboxylic acids is 1. The molecule has 1 heterocycles. The lowest BCUT2D eigenvalue weighted by Gasteiger charge is -2.12. The van der Waals surface area contributed by atoms with E-state index < -0.39 is 9.84 Å². The number of carbonyl (C=O) groups is 1. The second kappa shape index (κ2) is 6.99. The van der Waals surface area contributed by atoms with E-state index in [9.17, 15) is 13.2 Å². The van der Waals surface area contributed by atoms with Crippen LogP contribution in [0.1, 0.15) is 6.42 Å². The molecule has 3 rings (SSSR count). The van der Waals surface area contributed by atoms with Gasteiger partial charge in [-0.3, -0.25) is 4.79 Å². The van der Waals surface area contributed by atoms with Crippen LogP contribution in [0.15, 0.2) is 36.4 Å². The number of benzene rings is 2. The Hall–Kier alpha value is -1.79. The van der Waals surface area contributed by atoms with E-state index in [4.69, 9.17) is 16.3 Å². The van der Waals surface area contributed by atoms with E-state index in [0.717, 1.165) is 10.8 Å². The van der Waals surface area contributed by atoms with Gasteiger partial charge in [0.15, 0.2) is 16.4 Å². The Kier molecular flexibility index (Phi) is 4.96. The molecule has 0 aliphatic carbocycles. The number of fused-ring (bicyclic) bond motifs is 1. The summed E-state index contributed by atoms with van der Waals surface area (Å²) >= 11 is 6.15. The van der Waals surface area contributed by atoms with Crippen molar-refractivity contribution in [1.82, 2.24) is 5.32 Å². The molecule has 0 bridgehead atoms. The molecule has 24 heavy (non-hydrogen) atoms. The zero-order valence-corrected chi connectivity index (χ0v) is 14.6. The molecule has 2 aromatic carbocycles. The highest BCUT2D eigenvalue weighted by Gasteiger charge is 2.27. The molecule has 5 nitrogen and oxygen atoms in total. The van der Waals surface area contributed by atoms with E-state index in [0.29, 0.717) is 23.7 Å². The van der Waals surface area contributed by atoms with Crippen molar-refractivity contribution in [2.45, 2.75) is 6.42 Å². The second-order valence-electron chi connectivity index (χ2n) is 5.95. The lowest BCUT2D eigenvalue weighted by molar-refractivity contribution is -0.123. The highest BCUT2D eigenvalue weighted by Crippen LogP contribution is 2.31. The first-order valence-corrected chi connectivity index (χ1v) is 9.92. The van der Waals surface area contributed by atoms with E-state index in [1.54, 1.807) is 12.1 Å². The first kappa shape index (κ1) is 17.0. The van der Waals surface area contributed by atoms with Gasteiger partial charge >= 0.3 is 0 Å². The second-order valence-corrected chi connectivity index (χ2v) is 8.59. The number of nitrogens with one attached hydrogen (secondary N) is 1. The summed E-state index contributed by atoms with van der Waals surface area (Å²) in [6, 6.07) is 11.0. The minimum atomic E-state index is -2.92. The maximum atomic E-state index is 11.9. The Labute approximate surface area is 145 Å². The molecule has 0 unspecified atom stereocenters. The van der Waals surface area contributed by atoms with E-state index in [2.05, 4.69) is 5.32 Å². The van der Waals surface area contributed by atoms with Crippen molar-refractivity contribution in [3.63, 3.8) is 0 Å². The van der Waals surface area contributed by atoms with Crippen molar-refractivity contribution in [2.24, 2.45) is 5.92 Å². The minimum Gasteiger partial charge on any atom is -0.483 e. The molecule has 0 spiro atoms. The van der Waals surface area contributed by atoms with Crippen molar-refractivity contribution in [1.29, 1.82) is 0 Å². The molecule has 0 radical (unpaired) electrons. The zero-order chi connectivity index (χ0) is 17.2. The third-order valence-electron chi connectivity index (χ3n) is 4.10. The Morgan fingerprint density at radius 2 is 1.96 bits per heavy atom. The van der Waals surface area contributed by atoms with Crippen molar-refractivity contribution in [3.8, 4) is 5.75 Å². The highest BCUT2D eigenvalue weighted by molar-refractivity contribution is 7.91. The molecular weight excluding hydrogens is 350 g/mol. The van der Waals surface area contributed by atoms with Gasteiger partial charge in [-0.25, -0.2) is 8.42 Å². The van der Waals surface area contributed by atoms with Crippen LogP contribution in [0.25, 0.3) is 10.8 Å². The van der Waals surface area contributed by atoms with Gasteiger partial charge in [-0.05, 0) is 24.5 Å². The van der Waals surface area contributed by atoms with Crippen LogP contribution in [-0.4, -0.2) is 39.0 Å². The largest absolute Gasteiger partial charge is 0.483 e. The lowest BCUT2D eigenvalue weighted by Crippen LogP contribution is -2.33. The number of hydrogen-bond donors (Lipinski definition) is 1. The van der Waals surface area contributed by atoms with E-state index in [1.807, 2.05) is 24.3 Å². The van der Waals surface area contributed by atoms with Gasteiger partial charge in [-0.15, -0.1) is 0 Å². The molecule has 1 N–H and O–H groups in total. The van der Waals surface area contributed by atoms with Gasteiger partial charge < -0.3 is 10.1 Å². The molecule has 1 amide bonds. The number of ether oxygens (including phenoxy) is 1. The fraction of sp³-hybridized carbons (Fsp3) is 0.353. The summed E-state index contributed by atoms with van der Waals surface area (Å²) in [6.07, 6.45) is 0.602. The molecule has 128 valence electrons. The third kappa shape index (κ3) is 3.99. The van der Waals surface area contributed by atoms with Gasteiger partial charge in [0.25, 0.3) is 5.91 Å². The van der Waals surface area contributed by atoms with E-state index in [-0.39, 0.29) is 29.9 Å². The Morgan fingerprint density at radius 1 is 1.21 bits per heavy atom. The maximum absolute atomic E-state index is 11.9. The summed E-state index contributed by atoms with van der Waals surface area (Å²) in [6.45, 7) is 0.244. The van der Waals surface area contributed by atoms with Crippen molar-refractivity contribution >= 4 is 38.1 Å². The molecule has 1 saturated heterocycles. The Morgan fingerprint density at radius 3 is 2.67 bits per heavy atom. The number of hydrogen-bond acceptors (Lipinski definition) is 4. The molecule has 1 fully saturated rings. The van der Waals surface area contributed by atoms with Crippen molar-refractivity contribution < 1.29 is 17.9 Å². The monoisotopic (exact) mass is 367 g/mol. The van der Waals surface area contributed by atoms with Gasteiger partial charge in [0.05, 0.1) is 11.5 Å². The molecule has 0 aromatic heterocycles. The van der Waals surface area contributed by atoms with Crippen LogP contribution < -0.4 is 10.1 Å². The summed E-state index contributed by atoms with van der Waals surface area (Å²) in [5, 5.41) is 5.08. The first-order chi connectivity index (χ1) is 11.4. The predicted octanol–water partition coefficient (Wildman–Crippen LogP) is 2.42. The fourth-order valence-electron chi connectivity index (χ4n) is 2.85. The first-order valence-electron chi connectivity index (χ1n) is 7.72. The van der Waals surface area contributed by atoms with E-state index >= 15 is 0 Å². The number of sulfone groups is 1. The highest BCUT2D eigenvalue weighted by atomic mass is 35.5. The van der Waals surface area contributed by atoms with Crippen molar-refractivity contribution in [2.75, 3.05) is 24.7 Å². The van der Waals surface area contributed by atoms with Crippen LogP contribution in [0.4, 0.5) is 0 Å². The number of rotatable bonds is 5. The molecule has 1 atom stereocenters. The average molecular weight is 368 g/mol. The molecule has 2 aromatic rings. The average Bonchev–Trinajstić information content (AvgIpc) is 2.92. The topological polar surface area (TPSA) is 72.5 Å². The van der Waals surface area contributed by atoms with Crippen LogP contribution >= 0.6 is 11.6 Å². The smallest absolute Gasteiger partial charge is 0.257 e. The van der Waals surface area contributed by atoms with Crippen LogP contribution in [0.3, 0.4) is 0 Å². The molecule has 0 saturated carbocycles. The third-order valence-corrected chi connectivity index (χ3v) is 6.27. The zero-order valence-electron chi connectivity index (χ0n) is 13.0. The van der Waals surface area contributed by atoms with Gasteiger partial charge in [-0.2, -0.15) is 0 Å². The summed E-state index contributed by atoms with van der Waals surface area (Å²) in [5.74, 6) is 0.679. The van der Waals surface area contributed by atoms with E-state index in [1.165, 1.54) is 0 Å². The molecule has 7 heteroatoms. The maximum Gasteiger partial charge on any atom is 0.257 e. The lowest BCUT2D eigenvalue weighted by atomic mass is 10.1. The standard InChI is InChI=1S/C17H18ClNO4S/c18-15-5-6-16(14-4-2-1-3-13(14)15)23-10-17(20)19-9-12-7-8-24(21,22)11-12/h1-6,12H,7-11H2,(H,19,20)/t12-/m0/s1. The fourth-order valence-corrected chi connectivity index (χ4v) is 4.94. The number of amides is 1. The van der Waals surface area contributed by atoms with Crippen LogP contribution in [0, 0.1) is 5.92 Å².